The molecule has 2 heterocycles. The number of aliphatic hydroxyl groups is 2. The van der Waals surface area contributed by atoms with E-state index in [2.05, 4.69) is 15.5 Å². The molecule has 2 aliphatic heterocycles. The molecule has 2 aliphatic rings. The predicted molar refractivity (Wildman–Crippen MR) is 169 cm³/mol. The molecule has 3 aromatic rings. The molecule has 0 aliphatic carbocycles. The largest absolute Gasteiger partial charge is 0.397 e. The number of rotatable bonds is 12. The fourth-order valence-electron chi connectivity index (χ4n) is 5.68. The van der Waals surface area contributed by atoms with Crippen molar-refractivity contribution in [3.8, 4) is 0 Å². The van der Waals surface area contributed by atoms with Gasteiger partial charge in [0.1, 0.15) is 0 Å². The molecule has 0 radical (unpaired) electrons. The fourth-order valence-corrected chi connectivity index (χ4v) is 5.68. The second-order valence-corrected chi connectivity index (χ2v) is 11.6. The van der Waals surface area contributed by atoms with Gasteiger partial charge < -0.3 is 36.1 Å². The summed E-state index contributed by atoms with van der Waals surface area (Å²) < 4.78 is 12.9. The van der Waals surface area contributed by atoms with E-state index in [-0.39, 0.29) is 43.2 Å². The van der Waals surface area contributed by atoms with Gasteiger partial charge in [-0.1, -0.05) is 48.5 Å². The standard InChI is InChI=1S/C34H42N4O6/c35-29-8-1-2-9-30(29)37-33(42)11-4-3-10-32(41)36-26-7-5-6-25(18-26)34-43-28(21-38-17-16-27(40)20-38)19-31(44-34)24-14-12-23(22-39)13-15-24/h1-2,5-9,12-15,18,27-28,31,34,39-40H,3-4,10-11,16-17,19-22,35H2,(H,36,41)(H,37,42)/t27-,28-,31+,34+/m0/s1. The number of hydrogen-bond donors (Lipinski definition) is 5. The van der Waals surface area contributed by atoms with Crippen molar-refractivity contribution in [3.63, 3.8) is 0 Å². The van der Waals surface area contributed by atoms with E-state index in [1.807, 2.05) is 60.7 Å². The smallest absolute Gasteiger partial charge is 0.224 e. The Hall–Kier alpha value is -3.80. The minimum absolute atomic E-state index is 0.0187. The van der Waals surface area contributed by atoms with Gasteiger partial charge >= 0.3 is 0 Å². The van der Waals surface area contributed by atoms with Crippen molar-refractivity contribution in [2.75, 3.05) is 36.0 Å². The Morgan fingerprint density at radius 1 is 0.909 bits per heavy atom. The Bertz CT molecular complexity index is 1400. The van der Waals surface area contributed by atoms with E-state index >= 15 is 0 Å². The number of amides is 2. The molecule has 44 heavy (non-hydrogen) atoms. The summed E-state index contributed by atoms with van der Waals surface area (Å²) in [5, 5.41) is 25.2. The van der Waals surface area contributed by atoms with E-state index in [1.165, 1.54) is 0 Å². The highest BCUT2D eigenvalue weighted by molar-refractivity contribution is 5.94. The third kappa shape index (κ3) is 8.87. The third-order valence-electron chi connectivity index (χ3n) is 8.06. The van der Waals surface area contributed by atoms with Crippen LogP contribution in [-0.4, -0.2) is 58.8 Å². The van der Waals surface area contributed by atoms with E-state index < -0.39 is 6.29 Å². The predicted octanol–water partition coefficient (Wildman–Crippen LogP) is 4.51. The number of β-amino-alcohol motifs (C(OH)–C–C–N with tert-alkyl or cyclic N) is 1. The van der Waals surface area contributed by atoms with Crippen LogP contribution in [0.1, 0.15) is 67.6 Å². The van der Waals surface area contributed by atoms with Gasteiger partial charge in [0.05, 0.1) is 36.3 Å². The lowest BCUT2D eigenvalue weighted by atomic mass is 9.99. The maximum absolute atomic E-state index is 12.7. The first-order chi connectivity index (χ1) is 21.4. The van der Waals surface area contributed by atoms with E-state index in [9.17, 15) is 19.8 Å². The first kappa shape index (κ1) is 31.6. The average Bonchev–Trinajstić information content (AvgIpc) is 3.44. The van der Waals surface area contributed by atoms with Crippen LogP contribution in [-0.2, 0) is 25.7 Å². The average molecular weight is 603 g/mol. The number of ether oxygens (including phenoxy) is 2. The van der Waals surface area contributed by atoms with Crippen molar-refractivity contribution in [2.24, 2.45) is 0 Å². The van der Waals surface area contributed by atoms with Crippen molar-refractivity contribution in [1.29, 1.82) is 0 Å². The molecule has 0 bridgehead atoms. The van der Waals surface area contributed by atoms with E-state index in [4.69, 9.17) is 15.2 Å². The van der Waals surface area contributed by atoms with Crippen LogP contribution in [0.5, 0.6) is 0 Å². The van der Waals surface area contributed by atoms with Crippen molar-refractivity contribution < 1.29 is 29.3 Å². The second kappa shape index (κ2) is 15.3. The number of carbonyl (C=O) groups is 2. The normalized spacial score (nSPS) is 22.0. The molecule has 234 valence electrons. The number of carbonyl (C=O) groups excluding carboxylic acids is 2. The van der Waals surface area contributed by atoms with Gasteiger partial charge in [-0.05, 0) is 54.7 Å². The summed E-state index contributed by atoms with van der Waals surface area (Å²) in [6, 6.07) is 22.4. The topological polar surface area (TPSA) is 146 Å². The molecule has 2 amide bonds. The van der Waals surface area contributed by atoms with Crippen LogP contribution in [0.4, 0.5) is 17.1 Å². The summed E-state index contributed by atoms with van der Waals surface area (Å²) in [5.41, 5.74) is 10.3. The fraction of sp³-hybridized carbons (Fsp3) is 0.412. The Labute approximate surface area is 258 Å². The number of anilines is 3. The maximum Gasteiger partial charge on any atom is 0.224 e. The van der Waals surface area contributed by atoms with Crippen LogP contribution < -0.4 is 16.4 Å². The SMILES string of the molecule is Nc1ccccc1NC(=O)CCCCC(=O)Nc1cccc([C@@H]2O[C@H](CN3CC[C@H](O)C3)C[C@H](c3ccc(CO)cc3)O2)c1. The number of aliphatic hydroxyl groups excluding tert-OH is 2. The zero-order valence-electron chi connectivity index (χ0n) is 24.9. The van der Waals surface area contributed by atoms with Gasteiger partial charge in [0.2, 0.25) is 11.8 Å². The quantitative estimate of drug-likeness (QED) is 0.150. The highest BCUT2D eigenvalue weighted by Crippen LogP contribution is 2.39. The first-order valence-electron chi connectivity index (χ1n) is 15.3. The molecule has 0 unspecified atom stereocenters. The molecule has 2 saturated heterocycles. The number of nitrogens with two attached hydrogens (primary N) is 1. The van der Waals surface area contributed by atoms with Crippen LogP contribution in [0.3, 0.4) is 0 Å². The summed E-state index contributed by atoms with van der Waals surface area (Å²) in [6.07, 6.45) is 1.88. The molecular formula is C34H42N4O6. The number of likely N-dealkylation sites (tertiary alicyclic amines) is 1. The molecule has 6 N–H and O–H groups in total. The van der Waals surface area contributed by atoms with Gasteiger partial charge in [-0.3, -0.25) is 14.5 Å². The number of unbranched alkanes of at least 4 members (excludes halogenated alkanes) is 1. The molecule has 10 nitrogen and oxygen atoms in total. The summed E-state index contributed by atoms with van der Waals surface area (Å²) in [6.45, 7) is 2.13. The molecule has 3 aromatic carbocycles. The highest BCUT2D eigenvalue weighted by atomic mass is 16.7. The van der Waals surface area contributed by atoms with Crippen LogP contribution in [0.25, 0.3) is 0 Å². The van der Waals surface area contributed by atoms with Crippen molar-refractivity contribution in [1.82, 2.24) is 4.90 Å². The summed E-state index contributed by atoms with van der Waals surface area (Å²) in [4.78, 5) is 27.2. The Kier molecular flexibility index (Phi) is 11.0. The molecule has 2 fully saturated rings. The molecule has 4 atom stereocenters. The number of nitrogens with one attached hydrogen (secondary N) is 2. The highest BCUT2D eigenvalue weighted by Gasteiger charge is 2.34. The molecule has 10 heteroatoms. The van der Waals surface area contributed by atoms with Crippen molar-refractivity contribution in [3.05, 3.63) is 89.5 Å². The number of benzene rings is 3. The van der Waals surface area contributed by atoms with Gasteiger partial charge in [-0.25, -0.2) is 0 Å². The van der Waals surface area contributed by atoms with Gasteiger partial charge in [-0.15, -0.1) is 0 Å². The Balaban J connectivity index is 1.16. The van der Waals surface area contributed by atoms with Crippen molar-refractivity contribution >= 4 is 28.9 Å². The lowest BCUT2D eigenvalue weighted by Gasteiger charge is -2.38. The zero-order chi connectivity index (χ0) is 30.9. The number of hydrogen-bond acceptors (Lipinski definition) is 8. The molecular weight excluding hydrogens is 560 g/mol. The first-order valence-corrected chi connectivity index (χ1v) is 15.3. The second-order valence-electron chi connectivity index (χ2n) is 11.6. The van der Waals surface area contributed by atoms with E-state index in [1.54, 1.807) is 12.1 Å². The van der Waals surface area contributed by atoms with Crippen LogP contribution in [0, 0.1) is 0 Å². The summed E-state index contributed by atoms with van der Waals surface area (Å²) >= 11 is 0. The number of nitrogens with zero attached hydrogens (tertiary/aromatic N) is 1. The molecule has 5 rings (SSSR count). The van der Waals surface area contributed by atoms with Gasteiger partial charge in [0.15, 0.2) is 6.29 Å². The molecule has 0 aromatic heterocycles. The molecule has 0 spiro atoms. The molecule has 0 saturated carbocycles. The van der Waals surface area contributed by atoms with Crippen LogP contribution >= 0.6 is 0 Å². The lowest BCUT2D eigenvalue weighted by molar-refractivity contribution is -0.252. The number of para-hydroxylation sites is 2. The monoisotopic (exact) mass is 602 g/mol. The van der Waals surface area contributed by atoms with Gasteiger partial charge in [0, 0.05) is 50.1 Å². The zero-order valence-corrected chi connectivity index (χ0v) is 24.9. The van der Waals surface area contributed by atoms with Crippen LogP contribution in [0.2, 0.25) is 0 Å². The van der Waals surface area contributed by atoms with Crippen LogP contribution in [0.15, 0.2) is 72.8 Å². The number of nitrogen functional groups attached to an aromatic ring is 1. The maximum atomic E-state index is 12.7. The lowest BCUT2D eigenvalue weighted by Crippen LogP contribution is -2.38. The Morgan fingerprint density at radius 2 is 1.66 bits per heavy atom. The minimum Gasteiger partial charge on any atom is -0.397 e. The Morgan fingerprint density at radius 3 is 2.36 bits per heavy atom. The van der Waals surface area contributed by atoms with E-state index in [0.717, 1.165) is 29.7 Å². The summed E-state index contributed by atoms with van der Waals surface area (Å²) in [5.74, 6) is -0.266. The van der Waals surface area contributed by atoms with Gasteiger partial charge in [-0.2, -0.15) is 0 Å². The van der Waals surface area contributed by atoms with Gasteiger partial charge in [0.25, 0.3) is 0 Å². The summed E-state index contributed by atoms with van der Waals surface area (Å²) in [7, 11) is 0. The third-order valence-corrected chi connectivity index (χ3v) is 8.06. The minimum atomic E-state index is -0.641. The van der Waals surface area contributed by atoms with Crippen molar-refractivity contribution in [2.45, 2.75) is 69.7 Å². The van der Waals surface area contributed by atoms with E-state index in [0.29, 0.717) is 55.8 Å².